The molecule has 0 radical (unpaired) electrons. The van der Waals surface area contributed by atoms with E-state index < -0.39 is 11.6 Å². The maximum Gasteiger partial charge on any atom is 0.163 e. The summed E-state index contributed by atoms with van der Waals surface area (Å²) in [6.07, 6.45) is 0.900. The first kappa shape index (κ1) is 12.3. The number of hydrogen-bond donors (Lipinski definition) is 1. The van der Waals surface area contributed by atoms with Crippen LogP contribution in [0.2, 0.25) is 0 Å². The van der Waals surface area contributed by atoms with Crippen LogP contribution in [0.5, 0.6) is 0 Å². The van der Waals surface area contributed by atoms with Crippen LogP contribution >= 0.6 is 0 Å². The van der Waals surface area contributed by atoms with Gasteiger partial charge in [-0.15, -0.1) is 0 Å². The molecule has 0 amide bonds. The number of hydrogen-bond acceptors (Lipinski definition) is 1. The zero-order valence-corrected chi connectivity index (χ0v) is 10.7. The summed E-state index contributed by atoms with van der Waals surface area (Å²) >= 11 is 0. The van der Waals surface area contributed by atoms with E-state index in [0.29, 0.717) is 5.56 Å². The fourth-order valence-electron chi connectivity index (χ4n) is 2.93. The zero-order valence-electron chi connectivity index (χ0n) is 10.7. The molecule has 1 aliphatic rings. The quantitative estimate of drug-likeness (QED) is 0.888. The molecule has 1 nitrogen and oxygen atoms in total. The van der Waals surface area contributed by atoms with Gasteiger partial charge in [0.05, 0.1) is 0 Å². The first-order valence-corrected chi connectivity index (χ1v) is 6.41. The van der Waals surface area contributed by atoms with Crippen molar-refractivity contribution in [3.05, 3.63) is 70.8 Å². The second kappa shape index (κ2) is 4.74. The van der Waals surface area contributed by atoms with E-state index >= 15 is 0 Å². The number of nitrogens with one attached hydrogen (secondary N) is 1. The van der Waals surface area contributed by atoms with E-state index in [1.54, 1.807) is 19.2 Å². The molecule has 1 aliphatic carbocycles. The smallest absolute Gasteiger partial charge is 0.163 e. The van der Waals surface area contributed by atoms with Gasteiger partial charge in [0.25, 0.3) is 0 Å². The summed E-state index contributed by atoms with van der Waals surface area (Å²) in [4.78, 5) is 0. The molecule has 3 rings (SSSR count). The third kappa shape index (κ3) is 1.94. The molecule has 0 aromatic heterocycles. The van der Waals surface area contributed by atoms with Crippen molar-refractivity contribution < 1.29 is 8.78 Å². The largest absolute Gasteiger partial charge is 0.312 e. The molecule has 0 heterocycles. The van der Waals surface area contributed by atoms with Crippen molar-refractivity contribution in [1.82, 2.24) is 5.32 Å². The molecule has 2 atom stereocenters. The van der Waals surface area contributed by atoms with Crippen molar-refractivity contribution in [3.63, 3.8) is 0 Å². The summed E-state index contributed by atoms with van der Waals surface area (Å²) in [5, 5.41) is 3.12. The predicted molar refractivity (Wildman–Crippen MR) is 71.0 cm³/mol. The van der Waals surface area contributed by atoms with Crippen molar-refractivity contribution in [2.45, 2.75) is 18.4 Å². The van der Waals surface area contributed by atoms with Crippen molar-refractivity contribution in [2.24, 2.45) is 0 Å². The van der Waals surface area contributed by atoms with Crippen LogP contribution in [0.4, 0.5) is 8.78 Å². The van der Waals surface area contributed by atoms with E-state index in [1.807, 2.05) is 12.1 Å². The van der Waals surface area contributed by atoms with E-state index in [4.69, 9.17) is 0 Å². The van der Waals surface area contributed by atoms with Gasteiger partial charge < -0.3 is 5.32 Å². The highest BCUT2D eigenvalue weighted by atomic mass is 19.2. The highest BCUT2D eigenvalue weighted by molar-refractivity contribution is 5.43. The lowest BCUT2D eigenvalue weighted by Gasteiger charge is -2.36. The van der Waals surface area contributed by atoms with Gasteiger partial charge in [0.1, 0.15) is 0 Å². The molecule has 0 saturated heterocycles. The number of benzene rings is 2. The third-order valence-corrected chi connectivity index (χ3v) is 3.92. The number of likely N-dealkylation sites (N-methyl/N-ethyl adjacent to an activating group) is 1. The summed E-state index contributed by atoms with van der Waals surface area (Å²) in [5.74, 6) is -1.32. The number of fused-ring (bicyclic) bond motifs is 1. The number of halogens is 2. The van der Waals surface area contributed by atoms with Gasteiger partial charge in [0.2, 0.25) is 0 Å². The van der Waals surface area contributed by atoms with Crippen LogP contribution in [0.3, 0.4) is 0 Å². The van der Waals surface area contributed by atoms with Crippen LogP contribution in [-0.4, -0.2) is 7.05 Å². The van der Waals surface area contributed by atoms with Crippen LogP contribution in [0.15, 0.2) is 42.5 Å². The average molecular weight is 259 g/mol. The molecule has 2 aromatic rings. The summed E-state index contributed by atoms with van der Waals surface area (Å²) < 4.78 is 27.3. The van der Waals surface area contributed by atoms with E-state index in [-0.39, 0.29) is 12.0 Å². The van der Waals surface area contributed by atoms with Crippen LogP contribution in [-0.2, 0) is 6.42 Å². The predicted octanol–water partition coefficient (Wildman–Crippen LogP) is 3.57. The molecule has 19 heavy (non-hydrogen) atoms. The van der Waals surface area contributed by atoms with E-state index in [1.165, 1.54) is 11.1 Å². The zero-order chi connectivity index (χ0) is 13.4. The first-order chi connectivity index (χ1) is 9.22. The van der Waals surface area contributed by atoms with E-state index in [2.05, 4.69) is 17.4 Å². The lowest BCUT2D eigenvalue weighted by molar-refractivity contribution is 0.409. The fourth-order valence-corrected chi connectivity index (χ4v) is 2.93. The molecule has 98 valence electrons. The van der Waals surface area contributed by atoms with Crippen molar-refractivity contribution >= 4 is 0 Å². The standard InChI is InChI=1S/C16H15F2N/c1-19-16(12-7-4-8-14(17)15(12)18)13-9-10-5-2-3-6-11(10)13/h2-8,13,16,19H,9H2,1H3. The van der Waals surface area contributed by atoms with Gasteiger partial charge in [-0.2, -0.15) is 0 Å². The summed E-state index contributed by atoms with van der Waals surface area (Å²) in [7, 11) is 1.79. The Morgan fingerprint density at radius 2 is 1.89 bits per heavy atom. The molecule has 2 unspecified atom stereocenters. The van der Waals surface area contributed by atoms with Crippen LogP contribution in [0, 0.1) is 11.6 Å². The van der Waals surface area contributed by atoms with Gasteiger partial charge in [-0.3, -0.25) is 0 Å². The summed E-state index contributed by atoms with van der Waals surface area (Å²) in [6.45, 7) is 0. The highest BCUT2D eigenvalue weighted by Gasteiger charge is 2.34. The molecule has 0 saturated carbocycles. The molecule has 0 spiro atoms. The van der Waals surface area contributed by atoms with Crippen molar-refractivity contribution in [2.75, 3.05) is 7.05 Å². The summed E-state index contributed by atoms with van der Waals surface area (Å²) in [5.41, 5.74) is 2.93. The molecule has 2 aromatic carbocycles. The molecule has 1 N–H and O–H groups in total. The minimum atomic E-state index is -0.787. The van der Waals surface area contributed by atoms with Gasteiger partial charge in [0, 0.05) is 17.5 Å². The topological polar surface area (TPSA) is 12.0 Å². The van der Waals surface area contributed by atoms with Gasteiger partial charge in [0.15, 0.2) is 11.6 Å². The highest BCUT2D eigenvalue weighted by Crippen LogP contribution is 2.43. The van der Waals surface area contributed by atoms with Gasteiger partial charge in [-0.25, -0.2) is 8.78 Å². The lowest BCUT2D eigenvalue weighted by atomic mass is 9.71. The van der Waals surface area contributed by atoms with Crippen molar-refractivity contribution in [3.8, 4) is 0 Å². The molecular formula is C16H15F2N. The Labute approximate surface area is 111 Å². The fraction of sp³-hybridized carbons (Fsp3) is 0.250. The van der Waals surface area contributed by atoms with Gasteiger partial charge in [-0.1, -0.05) is 36.4 Å². The Morgan fingerprint density at radius 1 is 1.11 bits per heavy atom. The van der Waals surface area contributed by atoms with Crippen molar-refractivity contribution in [1.29, 1.82) is 0 Å². The lowest BCUT2D eigenvalue weighted by Crippen LogP contribution is -2.32. The number of rotatable bonds is 3. The van der Waals surface area contributed by atoms with Crippen LogP contribution in [0.25, 0.3) is 0 Å². The maximum atomic E-state index is 13.9. The Morgan fingerprint density at radius 3 is 2.63 bits per heavy atom. The van der Waals surface area contributed by atoms with E-state index in [0.717, 1.165) is 12.5 Å². The van der Waals surface area contributed by atoms with Gasteiger partial charge >= 0.3 is 0 Å². The van der Waals surface area contributed by atoms with Crippen LogP contribution < -0.4 is 5.32 Å². The first-order valence-electron chi connectivity index (χ1n) is 6.41. The molecule has 0 fully saturated rings. The molecular weight excluding hydrogens is 244 g/mol. The molecule has 0 aliphatic heterocycles. The third-order valence-electron chi connectivity index (χ3n) is 3.92. The Kier molecular flexibility index (Phi) is 3.07. The Balaban J connectivity index is 1.97. The Bertz CT molecular complexity index is 609. The van der Waals surface area contributed by atoms with E-state index in [9.17, 15) is 8.78 Å². The second-order valence-electron chi connectivity index (χ2n) is 4.92. The molecule has 3 heteroatoms. The minimum Gasteiger partial charge on any atom is -0.312 e. The van der Waals surface area contributed by atoms with Crippen LogP contribution in [0.1, 0.15) is 28.7 Å². The second-order valence-corrected chi connectivity index (χ2v) is 4.92. The SMILES string of the molecule is CNC(c1cccc(F)c1F)C1Cc2ccccc21. The maximum absolute atomic E-state index is 13.9. The Hall–Kier alpha value is -1.74. The normalized spacial score (nSPS) is 18.6. The monoisotopic (exact) mass is 259 g/mol. The van der Waals surface area contributed by atoms with Gasteiger partial charge in [-0.05, 0) is 30.7 Å². The minimum absolute atomic E-state index is 0.189. The average Bonchev–Trinajstić information content (AvgIpc) is 2.40. The molecule has 0 bridgehead atoms. The summed E-state index contributed by atoms with van der Waals surface area (Å²) in [6, 6.07) is 12.3.